The first kappa shape index (κ1) is 14.0. The Kier molecular flexibility index (Phi) is 4.05. The van der Waals surface area contributed by atoms with E-state index in [4.69, 9.17) is 4.52 Å². The van der Waals surface area contributed by atoms with E-state index >= 15 is 0 Å². The molecule has 2 aliphatic rings. The molecule has 1 aliphatic heterocycles. The molecule has 6 nitrogen and oxygen atoms in total. The van der Waals surface area contributed by atoms with Crippen LogP contribution < -0.4 is 0 Å². The molecule has 0 bridgehead atoms. The van der Waals surface area contributed by atoms with E-state index in [0.717, 1.165) is 31.7 Å². The predicted octanol–water partition coefficient (Wildman–Crippen LogP) is 1.05. The monoisotopic (exact) mass is 281 g/mol. The van der Waals surface area contributed by atoms with Gasteiger partial charge in [-0.05, 0) is 32.2 Å². The molecule has 1 aliphatic carbocycles. The maximum absolute atomic E-state index is 10.2. The molecule has 0 spiro atoms. The van der Waals surface area contributed by atoms with Gasteiger partial charge in [0.15, 0.2) is 5.82 Å². The minimum absolute atomic E-state index is 0.191. The average molecular weight is 281 g/mol. The van der Waals surface area contributed by atoms with Gasteiger partial charge in [-0.1, -0.05) is 18.0 Å². The number of hydrogen-bond donors (Lipinski definition) is 2. The van der Waals surface area contributed by atoms with Crippen LogP contribution in [0.25, 0.3) is 0 Å². The van der Waals surface area contributed by atoms with Crippen LogP contribution in [-0.4, -0.2) is 50.6 Å². The number of nitrogens with zero attached hydrogens (tertiary/aromatic N) is 3. The largest absolute Gasteiger partial charge is 0.393 e. The molecule has 1 saturated heterocycles. The zero-order valence-electron chi connectivity index (χ0n) is 11.8. The molecule has 1 aromatic rings. The van der Waals surface area contributed by atoms with Crippen LogP contribution in [0.5, 0.6) is 0 Å². The fraction of sp³-hybridized carbons (Fsp3) is 0.857. The first-order chi connectivity index (χ1) is 9.68. The molecule has 1 unspecified atom stereocenters. The SMILES string of the molecule is OCC1(O)CCCN(Cc2noc(C3CCCC3)n2)C1. The van der Waals surface area contributed by atoms with Gasteiger partial charge in [0.25, 0.3) is 0 Å². The lowest BCUT2D eigenvalue weighted by atomic mass is 9.94. The standard InChI is InChI=1S/C14H23N3O3/c18-10-14(19)6-3-7-17(9-14)8-12-15-13(20-16-12)11-4-1-2-5-11/h11,18-19H,1-10H2. The van der Waals surface area contributed by atoms with Gasteiger partial charge in [-0.2, -0.15) is 4.98 Å². The van der Waals surface area contributed by atoms with Crippen LogP contribution in [-0.2, 0) is 6.54 Å². The van der Waals surface area contributed by atoms with E-state index in [1.54, 1.807) is 0 Å². The summed E-state index contributed by atoms with van der Waals surface area (Å²) >= 11 is 0. The Morgan fingerprint density at radius 1 is 1.30 bits per heavy atom. The predicted molar refractivity (Wildman–Crippen MR) is 72.1 cm³/mol. The molecule has 2 fully saturated rings. The zero-order valence-corrected chi connectivity index (χ0v) is 11.8. The summed E-state index contributed by atoms with van der Waals surface area (Å²) in [6.45, 7) is 1.76. The number of hydrogen-bond acceptors (Lipinski definition) is 6. The first-order valence-corrected chi connectivity index (χ1v) is 7.57. The van der Waals surface area contributed by atoms with E-state index in [9.17, 15) is 10.2 Å². The van der Waals surface area contributed by atoms with Crippen LogP contribution in [0.1, 0.15) is 56.2 Å². The molecule has 1 aromatic heterocycles. The van der Waals surface area contributed by atoms with E-state index in [1.807, 2.05) is 0 Å². The van der Waals surface area contributed by atoms with Crippen molar-refractivity contribution in [3.8, 4) is 0 Å². The molecule has 112 valence electrons. The number of aromatic nitrogens is 2. The molecule has 2 N–H and O–H groups in total. The lowest BCUT2D eigenvalue weighted by Crippen LogP contribution is -2.50. The fourth-order valence-corrected chi connectivity index (χ4v) is 3.34. The molecule has 20 heavy (non-hydrogen) atoms. The summed E-state index contributed by atoms with van der Waals surface area (Å²) in [5.74, 6) is 1.90. The number of likely N-dealkylation sites (tertiary alicyclic amines) is 1. The third-order valence-electron chi connectivity index (χ3n) is 4.48. The van der Waals surface area contributed by atoms with Gasteiger partial charge in [0.05, 0.1) is 13.2 Å². The van der Waals surface area contributed by atoms with Crippen LogP contribution in [0.2, 0.25) is 0 Å². The Balaban J connectivity index is 1.60. The number of aliphatic hydroxyl groups excluding tert-OH is 1. The van der Waals surface area contributed by atoms with E-state index in [-0.39, 0.29) is 6.61 Å². The summed E-state index contributed by atoms with van der Waals surface area (Å²) in [5, 5.41) is 23.5. The van der Waals surface area contributed by atoms with Gasteiger partial charge in [-0.25, -0.2) is 0 Å². The summed E-state index contributed by atoms with van der Waals surface area (Å²) in [7, 11) is 0. The van der Waals surface area contributed by atoms with Crippen LogP contribution in [0.4, 0.5) is 0 Å². The second-order valence-electron chi connectivity index (χ2n) is 6.23. The lowest BCUT2D eigenvalue weighted by Gasteiger charge is -2.37. The minimum Gasteiger partial charge on any atom is -0.393 e. The molecule has 2 heterocycles. The Bertz CT molecular complexity index is 445. The highest BCUT2D eigenvalue weighted by Crippen LogP contribution is 2.33. The average Bonchev–Trinajstić information content (AvgIpc) is 3.09. The molecule has 0 aromatic carbocycles. The van der Waals surface area contributed by atoms with Crippen LogP contribution in [0.3, 0.4) is 0 Å². The highest BCUT2D eigenvalue weighted by Gasteiger charge is 2.33. The third-order valence-corrected chi connectivity index (χ3v) is 4.48. The van der Waals surface area contributed by atoms with Crippen LogP contribution >= 0.6 is 0 Å². The Labute approximate surface area is 118 Å². The molecule has 0 radical (unpaired) electrons. The fourth-order valence-electron chi connectivity index (χ4n) is 3.34. The smallest absolute Gasteiger partial charge is 0.229 e. The molecule has 3 rings (SSSR count). The molecule has 6 heteroatoms. The molecular weight excluding hydrogens is 258 g/mol. The van der Waals surface area contributed by atoms with Gasteiger partial charge < -0.3 is 14.7 Å². The van der Waals surface area contributed by atoms with Crippen molar-refractivity contribution in [1.29, 1.82) is 0 Å². The van der Waals surface area contributed by atoms with E-state index in [1.165, 1.54) is 12.8 Å². The van der Waals surface area contributed by atoms with Crippen molar-refractivity contribution in [3.05, 3.63) is 11.7 Å². The van der Waals surface area contributed by atoms with E-state index in [0.29, 0.717) is 31.3 Å². The van der Waals surface area contributed by atoms with Crippen molar-refractivity contribution < 1.29 is 14.7 Å². The quantitative estimate of drug-likeness (QED) is 0.858. The van der Waals surface area contributed by atoms with Gasteiger partial charge in [0.2, 0.25) is 5.89 Å². The van der Waals surface area contributed by atoms with Gasteiger partial charge in [0, 0.05) is 12.5 Å². The molecule has 0 amide bonds. The minimum atomic E-state index is -0.976. The van der Waals surface area contributed by atoms with Crippen molar-refractivity contribution in [2.45, 2.75) is 56.6 Å². The van der Waals surface area contributed by atoms with Crippen LogP contribution in [0.15, 0.2) is 4.52 Å². The number of piperidine rings is 1. The van der Waals surface area contributed by atoms with E-state index < -0.39 is 5.60 Å². The summed E-state index contributed by atoms with van der Waals surface area (Å²) in [6, 6.07) is 0. The van der Waals surface area contributed by atoms with Gasteiger partial charge >= 0.3 is 0 Å². The summed E-state index contributed by atoms with van der Waals surface area (Å²) in [5.41, 5.74) is -0.976. The van der Waals surface area contributed by atoms with Crippen LogP contribution in [0, 0.1) is 0 Å². The van der Waals surface area contributed by atoms with Crippen molar-refractivity contribution in [1.82, 2.24) is 15.0 Å². The van der Waals surface area contributed by atoms with Gasteiger partial charge in [-0.3, -0.25) is 4.90 Å². The first-order valence-electron chi connectivity index (χ1n) is 7.57. The Morgan fingerprint density at radius 2 is 2.10 bits per heavy atom. The maximum atomic E-state index is 10.2. The number of β-amino-alcohol motifs (C(OH)–C–C–N with tert-alkyl or cyclic N) is 1. The number of aliphatic hydroxyl groups is 2. The highest BCUT2D eigenvalue weighted by molar-refractivity contribution is 4.97. The normalized spacial score (nSPS) is 29.1. The third kappa shape index (κ3) is 3.02. The second-order valence-corrected chi connectivity index (χ2v) is 6.23. The van der Waals surface area contributed by atoms with E-state index in [2.05, 4.69) is 15.0 Å². The van der Waals surface area contributed by atoms with Crippen molar-refractivity contribution in [3.63, 3.8) is 0 Å². The zero-order chi connectivity index (χ0) is 14.0. The van der Waals surface area contributed by atoms with Gasteiger partial charge in [-0.15, -0.1) is 0 Å². The molecule has 1 saturated carbocycles. The second kappa shape index (κ2) is 5.79. The number of rotatable bonds is 4. The highest BCUT2D eigenvalue weighted by atomic mass is 16.5. The summed E-state index contributed by atoms with van der Waals surface area (Å²) in [4.78, 5) is 6.58. The lowest BCUT2D eigenvalue weighted by molar-refractivity contribution is -0.0692. The van der Waals surface area contributed by atoms with Crippen molar-refractivity contribution >= 4 is 0 Å². The van der Waals surface area contributed by atoms with Crippen molar-refractivity contribution in [2.75, 3.05) is 19.7 Å². The molecule has 1 atom stereocenters. The Morgan fingerprint density at radius 3 is 2.85 bits per heavy atom. The van der Waals surface area contributed by atoms with Gasteiger partial charge in [0.1, 0.15) is 5.60 Å². The Hall–Kier alpha value is -0.980. The van der Waals surface area contributed by atoms with Crippen molar-refractivity contribution in [2.24, 2.45) is 0 Å². The maximum Gasteiger partial charge on any atom is 0.229 e. The summed E-state index contributed by atoms with van der Waals surface area (Å²) < 4.78 is 5.37. The molecular formula is C14H23N3O3. The topological polar surface area (TPSA) is 82.6 Å². The summed E-state index contributed by atoms with van der Waals surface area (Å²) in [6.07, 6.45) is 6.32.